The summed E-state index contributed by atoms with van der Waals surface area (Å²) in [6.45, 7) is 8.22. The molecule has 2 heterocycles. The van der Waals surface area contributed by atoms with E-state index in [1.165, 1.54) is 25.9 Å². The number of nitrogens with zero attached hydrogens (tertiary/aromatic N) is 2. The number of rotatable bonds is 8. The van der Waals surface area contributed by atoms with Crippen LogP contribution in [-0.4, -0.2) is 42.7 Å². The van der Waals surface area contributed by atoms with Gasteiger partial charge in [-0.15, -0.1) is 0 Å². The van der Waals surface area contributed by atoms with Crippen LogP contribution in [0.2, 0.25) is 0 Å². The number of nitrogens with one attached hydrogen (secondary N) is 1. The van der Waals surface area contributed by atoms with Gasteiger partial charge in [-0.2, -0.15) is 0 Å². The van der Waals surface area contributed by atoms with E-state index in [2.05, 4.69) is 28.2 Å². The van der Waals surface area contributed by atoms with Crippen LogP contribution in [0, 0.1) is 0 Å². The van der Waals surface area contributed by atoms with Gasteiger partial charge in [-0.3, -0.25) is 4.90 Å². The van der Waals surface area contributed by atoms with Crippen molar-refractivity contribution in [2.75, 3.05) is 32.8 Å². The van der Waals surface area contributed by atoms with Crippen molar-refractivity contribution in [2.45, 2.75) is 32.7 Å². The Labute approximate surface area is 116 Å². The van der Waals surface area contributed by atoms with Gasteiger partial charge in [0.15, 0.2) is 0 Å². The lowest BCUT2D eigenvalue weighted by Gasteiger charge is -2.16. The summed E-state index contributed by atoms with van der Waals surface area (Å²) in [6, 6.07) is 4.05. The number of aromatic nitrogens is 1. The lowest BCUT2D eigenvalue weighted by atomic mass is 10.2. The van der Waals surface area contributed by atoms with E-state index in [1.807, 2.05) is 6.07 Å². The molecular weight excluding hydrogens is 238 g/mol. The van der Waals surface area contributed by atoms with E-state index in [0.717, 1.165) is 44.1 Å². The van der Waals surface area contributed by atoms with Gasteiger partial charge in [-0.25, -0.2) is 4.98 Å². The second-order valence-electron chi connectivity index (χ2n) is 5.04. The van der Waals surface area contributed by atoms with Crippen LogP contribution in [0.4, 0.5) is 0 Å². The first-order chi connectivity index (χ1) is 9.40. The van der Waals surface area contributed by atoms with Crippen LogP contribution in [0.3, 0.4) is 0 Å². The summed E-state index contributed by atoms with van der Waals surface area (Å²) in [5.41, 5.74) is 1.15. The van der Waals surface area contributed by atoms with Crippen molar-refractivity contribution < 1.29 is 4.74 Å². The average molecular weight is 263 g/mol. The fraction of sp³-hybridized carbons (Fsp3) is 0.667. The maximum absolute atomic E-state index is 5.84. The number of hydrogen-bond donors (Lipinski definition) is 1. The van der Waals surface area contributed by atoms with Crippen LogP contribution in [-0.2, 0) is 6.54 Å². The van der Waals surface area contributed by atoms with Crippen LogP contribution in [0.1, 0.15) is 31.7 Å². The lowest BCUT2D eigenvalue weighted by Crippen LogP contribution is -2.25. The maximum Gasteiger partial charge on any atom is 0.217 e. The zero-order chi connectivity index (χ0) is 13.3. The Bertz CT molecular complexity index is 364. The molecule has 0 atom stereocenters. The van der Waals surface area contributed by atoms with Gasteiger partial charge in [0.25, 0.3) is 0 Å². The second-order valence-corrected chi connectivity index (χ2v) is 5.04. The molecule has 0 radical (unpaired) electrons. The number of likely N-dealkylation sites (tertiary alicyclic amines) is 1. The first kappa shape index (κ1) is 14.3. The van der Waals surface area contributed by atoms with E-state index in [-0.39, 0.29) is 0 Å². The van der Waals surface area contributed by atoms with Crippen molar-refractivity contribution >= 4 is 0 Å². The van der Waals surface area contributed by atoms with E-state index in [4.69, 9.17) is 4.74 Å². The minimum absolute atomic E-state index is 0.734. The summed E-state index contributed by atoms with van der Waals surface area (Å²) in [6.07, 6.45) is 5.60. The van der Waals surface area contributed by atoms with Crippen molar-refractivity contribution in [3.8, 4) is 5.88 Å². The summed E-state index contributed by atoms with van der Waals surface area (Å²) in [5, 5.41) is 3.39. The maximum atomic E-state index is 5.84. The normalized spacial score (nSPS) is 15.8. The van der Waals surface area contributed by atoms with Crippen molar-refractivity contribution in [2.24, 2.45) is 0 Å². The predicted molar refractivity (Wildman–Crippen MR) is 77.4 cm³/mol. The highest BCUT2D eigenvalue weighted by molar-refractivity contribution is 5.25. The third kappa shape index (κ3) is 4.80. The topological polar surface area (TPSA) is 37.4 Å². The number of ether oxygens (including phenoxy) is 1. The number of pyridine rings is 1. The zero-order valence-electron chi connectivity index (χ0n) is 11.9. The first-order valence-electron chi connectivity index (χ1n) is 7.40. The SMILES string of the molecule is CCCNCc1cccnc1OCCN1CCCC1. The molecule has 0 unspecified atom stereocenters. The Morgan fingerprint density at radius 3 is 3.00 bits per heavy atom. The van der Waals surface area contributed by atoms with Crippen molar-refractivity contribution in [3.05, 3.63) is 23.9 Å². The van der Waals surface area contributed by atoms with Gasteiger partial charge < -0.3 is 10.1 Å². The molecule has 4 heteroatoms. The van der Waals surface area contributed by atoms with Crippen LogP contribution < -0.4 is 10.1 Å². The van der Waals surface area contributed by atoms with Gasteiger partial charge in [0.1, 0.15) is 6.61 Å². The van der Waals surface area contributed by atoms with Gasteiger partial charge in [0.2, 0.25) is 5.88 Å². The molecule has 106 valence electrons. The summed E-state index contributed by atoms with van der Waals surface area (Å²) in [4.78, 5) is 6.80. The predicted octanol–water partition coefficient (Wildman–Crippen LogP) is 2.06. The van der Waals surface area contributed by atoms with Crippen LogP contribution in [0.5, 0.6) is 5.88 Å². The van der Waals surface area contributed by atoms with Gasteiger partial charge in [-0.05, 0) is 45.0 Å². The van der Waals surface area contributed by atoms with Gasteiger partial charge in [0.05, 0.1) is 0 Å². The van der Waals surface area contributed by atoms with E-state index >= 15 is 0 Å². The molecule has 19 heavy (non-hydrogen) atoms. The van der Waals surface area contributed by atoms with Crippen LogP contribution in [0.25, 0.3) is 0 Å². The Kier molecular flexibility index (Phi) is 6.11. The standard InChI is InChI=1S/C15H25N3O/c1-2-7-16-13-14-6-5-8-17-15(14)19-12-11-18-9-3-4-10-18/h5-6,8,16H,2-4,7,9-13H2,1H3. The van der Waals surface area contributed by atoms with Crippen molar-refractivity contribution in [3.63, 3.8) is 0 Å². The van der Waals surface area contributed by atoms with Crippen molar-refractivity contribution in [1.82, 2.24) is 15.2 Å². The molecule has 0 aliphatic carbocycles. The Hall–Kier alpha value is -1.13. The molecule has 0 amide bonds. The molecule has 1 fully saturated rings. The van der Waals surface area contributed by atoms with Gasteiger partial charge in [0, 0.05) is 24.8 Å². The molecule has 1 aliphatic heterocycles. The summed E-state index contributed by atoms with van der Waals surface area (Å²) in [7, 11) is 0. The third-order valence-corrected chi connectivity index (χ3v) is 3.44. The Morgan fingerprint density at radius 1 is 1.37 bits per heavy atom. The third-order valence-electron chi connectivity index (χ3n) is 3.44. The minimum atomic E-state index is 0.734. The second kappa shape index (κ2) is 8.12. The monoisotopic (exact) mass is 263 g/mol. The molecule has 0 aromatic carbocycles. The molecule has 1 N–H and O–H groups in total. The smallest absolute Gasteiger partial charge is 0.217 e. The molecule has 0 bridgehead atoms. The molecule has 1 saturated heterocycles. The quantitative estimate of drug-likeness (QED) is 0.729. The fourth-order valence-corrected chi connectivity index (χ4v) is 2.37. The van der Waals surface area contributed by atoms with Crippen LogP contribution >= 0.6 is 0 Å². The molecule has 1 aliphatic rings. The highest BCUT2D eigenvalue weighted by Crippen LogP contribution is 2.14. The Morgan fingerprint density at radius 2 is 2.21 bits per heavy atom. The average Bonchev–Trinajstić information content (AvgIpc) is 2.94. The lowest BCUT2D eigenvalue weighted by molar-refractivity contribution is 0.230. The molecule has 4 nitrogen and oxygen atoms in total. The molecule has 2 rings (SSSR count). The molecular formula is C15H25N3O. The first-order valence-corrected chi connectivity index (χ1v) is 7.40. The van der Waals surface area contributed by atoms with E-state index < -0.39 is 0 Å². The minimum Gasteiger partial charge on any atom is -0.476 e. The van der Waals surface area contributed by atoms with Gasteiger partial charge in [-0.1, -0.05) is 13.0 Å². The van der Waals surface area contributed by atoms with E-state index in [0.29, 0.717) is 0 Å². The molecule has 0 spiro atoms. The molecule has 1 aromatic heterocycles. The van der Waals surface area contributed by atoms with Crippen LogP contribution in [0.15, 0.2) is 18.3 Å². The summed E-state index contributed by atoms with van der Waals surface area (Å²) < 4.78 is 5.84. The highest BCUT2D eigenvalue weighted by Gasteiger charge is 2.11. The fourth-order valence-electron chi connectivity index (χ4n) is 2.37. The number of hydrogen-bond acceptors (Lipinski definition) is 4. The largest absolute Gasteiger partial charge is 0.476 e. The van der Waals surface area contributed by atoms with E-state index in [1.54, 1.807) is 6.20 Å². The Balaban J connectivity index is 1.77. The highest BCUT2D eigenvalue weighted by atomic mass is 16.5. The van der Waals surface area contributed by atoms with Crippen molar-refractivity contribution in [1.29, 1.82) is 0 Å². The summed E-state index contributed by atoms with van der Waals surface area (Å²) >= 11 is 0. The molecule has 1 aromatic rings. The summed E-state index contributed by atoms with van der Waals surface area (Å²) in [5.74, 6) is 0.783. The van der Waals surface area contributed by atoms with Gasteiger partial charge >= 0.3 is 0 Å². The zero-order valence-corrected chi connectivity index (χ0v) is 11.9. The molecule has 0 saturated carbocycles. The van der Waals surface area contributed by atoms with E-state index in [9.17, 15) is 0 Å².